The summed E-state index contributed by atoms with van der Waals surface area (Å²) in [6.45, 7) is 6.83. The van der Waals surface area contributed by atoms with Crippen LogP contribution in [0.1, 0.15) is 13.8 Å². The summed E-state index contributed by atoms with van der Waals surface area (Å²) in [6, 6.07) is 0.293. The lowest BCUT2D eigenvalue weighted by molar-refractivity contribution is 0.0309. The van der Waals surface area contributed by atoms with Gasteiger partial charge in [0.2, 0.25) is 0 Å². The highest BCUT2D eigenvalue weighted by Crippen LogP contribution is 1.94. The summed E-state index contributed by atoms with van der Waals surface area (Å²) in [7, 11) is 0. The minimum absolute atomic E-state index is 0.293. The number of rotatable bonds is 3. The van der Waals surface area contributed by atoms with Gasteiger partial charge < -0.3 is 14.9 Å². The number of oxime groups is 1. The zero-order valence-corrected chi connectivity index (χ0v) is 7.67. The second-order valence-corrected chi connectivity index (χ2v) is 3.06. The van der Waals surface area contributed by atoms with E-state index in [0.29, 0.717) is 12.6 Å². The van der Waals surface area contributed by atoms with E-state index < -0.39 is 0 Å². The average molecular weight is 172 g/mol. The van der Waals surface area contributed by atoms with E-state index in [1.54, 1.807) is 0 Å². The first kappa shape index (κ1) is 9.48. The molecule has 1 saturated heterocycles. The molecule has 0 aromatic heterocycles. The van der Waals surface area contributed by atoms with Gasteiger partial charge in [-0.1, -0.05) is 5.16 Å². The van der Waals surface area contributed by atoms with Crippen molar-refractivity contribution < 1.29 is 9.57 Å². The molecule has 0 spiro atoms. The first-order valence-electron chi connectivity index (χ1n) is 4.23. The van der Waals surface area contributed by atoms with Gasteiger partial charge in [0, 0.05) is 6.54 Å². The Kier molecular flexibility index (Phi) is 4.04. The van der Waals surface area contributed by atoms with E-state index >= 15 is 0 Å². The maximum atomic E-state index is 5.25. The summed E-state index contributed by atoms with van der Waals surface area (Å²) in [5.74, 6) is 0. The number of ether oxygens (including phenoxy) is 1. The molecule has 1 atom stereocenters. The molecule has 0 aliphatic carbocycles. The smallest absolute Gasteiger partial charge is 0.134 e. The van der Waals surface area contributed by atoms with Crippen molar-refractivity contribution >= 4 is 5.71 Å². The summed E-state index contributed by atoms with van der Waals surface area (Å²) in [5, 5.41) is 7.11. The summed E-state index contributed by atoms with van der Waals surface area (Å²) < 4.78 is 5.25. The molecule has 0 amide bonds. The van der Waals surface area contributed by atoms with E-state index in [0.717, 1.165) is 25.5 Å². The van der Waals surface area contributed by atoms with Gasteiger partial charge in [-0.3, -0.25) is 0 Å². The van der Waals surface area contributed by atoms with Crippen molar-refractivity contribution in [3.63, 3.8) is 0 Å². The molecule has 1 heterocycles. The van der Waals surface area contributed by atoms with Gasteiger partial charge >= 0.3 is 0 Å². The highest BCUT2D eigenvalue weighted by atomic mass is 16.6. The topological polar surface area (TPSA) is 42.9 Å². The van der Waals surface area contributed by atoms with E-state index in [-0.39, 0.29) is 0 Å². The predicted octanol–water partition coefficient (Wildman–Crippen LogP) is 0.387. The Morgan fingerprint density at radius 3 is 3.08 bits per heavy atom. The fraction of sp³-hybridized carbons (Fsp3) is 0.875. The van der Waals surface area contributed by atoms with Crippen molar-refractivity contribution in [2.45, 2.75) is 19.9 Å². The SMILES string of the molecule is CC(C)=NOC[C@@H]1COCCN1. The molecule has 1 fully saturated rings. The van der Waals surface area contributed by atoms with Crippen LogP contribution in [0.3, 0.4) is 0 Å². The summed E-state index contributed by atoms with van der Waals surface area (Å²) in [5.41, 5.74) is 0.937. The summed E-state index contributed by atoms with van der Waals surface area (Å²) in [4.78, 5) is 5.08. The molecule has 0 saturated carbocycles. The highest BCUT2D eigenvalue weighted by Gasteiger charge is 2.12. The Hall–Kier alpha value is -0.610. The molecule has 1 rings (SSSR count). The minimum Gasteiger partial charge on any atom is -0.394 e. The molecule has 70 valence electrons. The van der Waals surface area contributed by atoms with E-state index in [2.05, 4.69) is 10.5 Å². The quantitative estimate of drug-likeness (QED) is 0.494. The van der Waals surface area contributed by atoms with Gasteiger partial charge in [-0.2, -0.15) is 0 Å². The van der Waals surface area contributed by atoms with Crippen LogP contribution in [0.4, 0.5) is 0 Å². The van der Waals surface area contributed by atoms with Crippen molar-refractivity contribution in [1.82, 2.24) is 5.32 Å². The lowest BCUT2D eigenvalue weighted by atomic mass is 10.3. The largest absolute Gasteiger partial charge is 0.394 e. The highest BCUT2D eigenvalue weighted by molar-refractivity contribution is 5.78. The third-order valence-corrected chi connectivity index (χ3v) is 1.52. The van der Waals surface area contributed by atoms with Gasteiger partial charge in [0.05, 0.1) is 25.0 Å². The van der Waals surface area contributed by atoms with Crippen LogP contribution in [0, 0.1) is 0 Å². The first-order valence-corrected chi connectivity index (χ1v) is 4.23. The maximum Gasteiger partial charge on any atom is 0.134 e. The molecule has 0 bridgehead atoms. The van der Waals surface area contributed by atoms with E-state index in [9.17, 15) is 0 Å². The maximum absolute atomic E-state index is 5.25. The number of hydrogen-bond donors (Lipinski definition) is 1. The van der Waals surface area contributed by atoms with Crippen LogP contribution in [-0.4, -0.2) is 38.1 Å². The minimum atomic E-state index is 0.293. The Balaban J connectivity index is 2.09. The van der Waals surface area contributed by atoms with Crippen molar-refractivity contribution in [3.05, 3.63) is 0 Å². The van der Waals surface area contributed by atoms with Crippen LogP contribution in [0.5, 0.6) is 0 Å². The molecular weight excluding hydrogens is 156 g/mol. The molecule has 4 nitrogen and oxygen atoms in total. The lowest BCUT2D eigenvalue weighted by Crippen LogP contribution is -2.43. The summed E-state index contributed by atoms with van der Waals surface area (Å²) >= 11 is 0. The van der Waals surface area contributed by atoms with Crippen LogP contribution < -0.4 is 5.32 Å². The van der Waals surface area contributed by atoms with Crippen molar-refractivity contribution in [2.24, 2.45) is 5.16 Å². The van der Waals surface area contributed by atoms with Crippen LogP contribution >= 0.6 is 0 Å². The molecule has 1 aliphatic rings. The van der Waals surface area contributed by atoms with Gasteiger partial charge in [0.25, 0.3) is 0 Å². The third kappa shape index (κ3) is 3.69. The van der Waals surface area contributed by atoms with Gasteiger partial charge in [0.1, 0.15) is 6.61 Å². The standard InChI is InChI=1S/C8H16N2O2/c1-7(2)10-12-6-8-5-11-4-3-9-8/h8-9H,3-6H2,1-2H3/t8-/m0/s1. The van der Waals surface area contributed by atoms with Crippen molar-refractivity contribution in [2.75, 3.05) is 26.4 Å². The van der Waals surface area contributed by atoms with Crippen molar-refractivity contribution in [3.8, 4) is 0 Å². The van der Waals surface area contributed by atoms with Gasteiger partial charge in [-0.05, 0) is 13.8 Å². The fourth-order valence-electron chi connectivity index (χ4n) is 0.983. The van der Waals surface area contributed by atoms with Gasteiger partial charge in [0.15, 0.2) is 0 Å². The molecule has 0 aromatic carbocycles. The van der Waals surface area contributed by atoms with Gasteiger partial charge in [-0.15, -0.1) is 0 Å². The lowest BCUT2D eigenvalue weighted by Gasteiger charge is -2.22. The Morgan fingerprint density at radius 1 is 1.67 bits per heavy atom. The molecule has 1 aliphatic heterocycles. The Morgan fingerprint density at radius 2 is 2.50 bits per heavy atom. The monoisotopic (exact) mass is 172 g/mol. The van der Waals surface area contributed by atoms with Crippen LogP contribution in [-0.2, 0) is 9.57 Å². The summed E-state index contributed by atoms with van der Waals surface area (Å²) in [6.07, 6.45) is 0. The van der Waals surface area contributed by atoms with Gasteiger partial charge in [-0.25, -0.2) is 0 Å². The van der Waals surface area contributed by atoms with Crippen LogP contribution in [0.15, 0.2) is 5.16 Å². The molecule has 0 unspecified atom stereocenters. The second-order valence-electron chi connectivity index (χ2n) is 3.06. The second kappa shape index (κ2) is 5.11. The first-order chi connectivity index (χ1) is 5.79. The van der Waals surface area contributed by atoms with E-state index in [1.807, 2.05) is 13.8 Å². The number of nitrogens with one attached hydrogen (secondary N) is 1. The fourth-order valence-corrected chi connectivity index (χ4v) is 0.983. The zero-order chi connectivity index (χ0) is 8.81. The van der Waals surface area contributed by atoms with Crippen LogP contribution in [0.2, 0.25) is 0 Å². The Labute approximate surface area is 72.9 Å². The number of hydrogen-bond acceptors (Lipinski definition) is 4. The average Bonchev–Trinajstić information content (AvgIpc) is 2.05. The number of morpholine rings is 1. The predicted molar refractivity (Wildman–Crippen MR) is 47.3 cm³/mol. The normalized spacial score (nSPS) is 23.3. The molecule has 0 aromatic rings. The molecule has 12 heavy (non-hydrogen) atoms. The molecule has 0 radical (unpaired) electrons. The van der Waals surface area contributed by atoms with E-state index in [1.165, 1.54) is 0 Å². The third-order valence-electron chi connectivity index (χ3n) is 1.52. The molecule has 1 N–H and O–H groups in total. The molecular formula is C8H16N2O2. The van der Waals surface area contributed by atoms with E-state index in [4.69, 9.17) is 9.57 Å². The van der Waals surface area contributed by atoms with Crippen molar-refractivity contribution in [1.29, 1.82) is 0 Å². The molecule has 4 heteroatoms. The number of nitrogens with zero attached hydrogens (tertiary/aromatic N) is 1. The van der Waals surface area contributed by atoms with Crippen LogP contribution in [0.25, 0.3) is 0 Å². The zero-order valence-electron chi connectivity index (χ0n) is 7.67. The Bertz CT molecular complexity index is 149.